The molecule has 7 heteroatoms. The van der Waals surface area contributed by atoms with E-state index in [1.807, 2.05) is 66.9 Å². The van der Waals surface area contributed by atoms with Crippen molar-refractivity contribution in [1.82, 2.24) is 9.88 Å². The predicted molar refractivity (Wildman–Crippen MR) is 113 cm³/mol. The number of nitrogens with zero attached hydrogens (tertiary/aromatic N) is 2. The molecular formula is C22H21N3O3S. The second-order valence-electron chi connectivity index (χ2n) is 6.86. The van der Waals surface area contributed by atoms with E-state index in [0.29, 0.717) is 12.2 Å². The normalized spacial score (nSPS) is 16.7. The number of benzene rings is 2. The number of ether oxygens (including phenoxy) is 1. The van der Waals surface area contributed by atoms with Crippen LogP contribution in [-0.4, -0.2) is 41.0 Å². The van der Waals surface area contributed by atoms with Gasteiger partial charge in [-0.3, -0.25) is 9.59 Å². The zero-order chi connectivity index (χ0) is 20.2. The average Bonchev–Trinajstić information content (AvgIpc) is 3.17. The number of aromatic nitrogens is 1. The number of rotatable bonds is 5. The molecule has 0 bridgehead atoms. The standard InChI is InChI=1S/C22H21N3O3S/c1-15-23-19(14-29-15)17-8-5-9-18(10-17)24-22(27)20-12-28-13-21(26)25(20)11-16-6-3-2-4-7-16/h2-10,14,20H,11-13H2,1H3,(H,24,27). The van der Waals surface area contributed by atoms with Crippen molar-refractivity contribution >= 4 is 28.8 Å². The number of nitrogens with one attached hydrogen (secondary N) is 1. The Labute approximate surface area is 173 Å². The third kappa shape index (κ3) is 4.52. The summed E-state index contributed by atoms with van der Waals surface area (Å²) in [6.45, 7) is 2.51. The molecule has 1 aromatic heterocycles. The van der Waals surface area contributed by atoms with E-state index in [0.717, 1.165) is 21.8 Å². The minimum absolute atomic E-state index is 0.00469. The smallest absolute Gasteiger partial charge is 0.249 e. The summed E-state index contributed by atoms with van der Waals surface area (Å²) in [5.41, 5.74) is 3.45. The molecule has 1 saturated heterocycles. The molecule has 4 rings (SSSR count). The highest BCUT2D eigenvalue weighted by Crippen LogP contribution is 2.24. The molecule has 1 fully saturated rings. The van der Waals surface area contributed by atoms with Crippen molar-refractivity contribution in [3.63, 3.8) is 0 Å². The fourth-order valence-electron chi connectivity index (χ4n) is 3.28. The fourth-order valence-corrected chi connectivity index (χ4v) is 3.90. The van der Waals surface area contributed by atoms with Gasteiger partial charge in [0.15, 0.2) is 0 Å². The lowest BCUT2D eigenvalue weighted by atomic mass is 10.1. The molecule has 1 unspecified atom stereocenters. The third-order valence-corrected chi connectivity index (χ3v) is 5.51. The van der Waals surface area contributed by atoms with Gasteiger partial charge in [-0.1, -0.05) is 42.5 Å². The summed E-state index contributed by atoms with van der Waals surface area (Å²) in [5, 5.41) is 5.91. The minimum Gasteiger partial charge on any atom is -0.369 e. The summed E-state index contributed by atoms with van der Waals surface area (Å²) in [7, 11) is 0. The van der Waals surface area contributed by atoms with Crippen LogP contribution in [0.15, 0.2) is 60.0 Å². The summed E-state index contributed by atoms with van der Waals surface area (Å²) >= 11 is 1.58. The summed E-state index contributed by atoms with van der Waals surface area (Å²) in [4.78, 5) is 31.5. The van der Waals surface area contributed by atoms with Crippen molar-refractivity contribution in [2.45, 2.75) is 19.5 Å². The number of morpholine rings is 1. The molecular weight excluding hydrogens is 386 g/mol. The van der Waals surface area contributed by atoms with Crippen molar-refractivity contribution in [1.29, 1.82) is 0 Å². The molecule has 6 nitrogen and oxygen atoms in total. The third-order valence-electron chi connectivity index (χ3n) is 4.74. The van der Waals surface area contributed by atoms with Gasteiger partial charge >= 0.3 is 0 Å². The maximum Gasteiger partial charge on any atom is 0.249 e. The molecule has 0 saturated carbocycles. The van der Waals surface area contributed by atoms with Crippen molar-refractivity contribution in [2.24, 2.45) is 0 Å². The van der Waals surface area contributed by atoms with Crippen molar-refractivity contribution in [3.05, 3.63) is 70.5 Å². The predicted octanol–water partition coefficient (Wildman–Crippen LogP) is 3.48. The van der Waals surface area contributed by atoms with Gasteiger partial charge in [-0.25, -0.2) is 4.98 Å². The van der Waals surface area contributed by atoms with Gasteiger partial charge in [0, 0.05) is 23.2 Å². The number of anilines is 1. The van der Waals surface area contributed by atoms with Crippen LogP contribution in [0.1, 0.15) is 10.6 Å². The van der Waals surface area contributed by atoms with Crippen LogP contribution in [0.5, 0.6) is 0 Å². The molecule has 1 N–H and O–H groups in total. The zero-order valence-electron chi connectivity index (χ0n) is 16.0. The molecule has 2 aromatic carbocycles. The van der Waals surface area contributed by atoms with Gasteiger partial charge in [-0.15, -0.1) is 11.3 Å². The van der Waals surface area contributed by atoms with Gasteiger partial charge in [-0.05, 0) is 24.6 Å². The zero-order valence-corrected chi connectivity index (χ0v) is 16.8. The van der Waals surface area contributed by atoms with Crippen LogP contribution in [0, 0.1) is 6.92 Å². The van der Waals surface area contributed by atoms with Crippen molar-refractivity contribution in [3.8, 4) is 11.3 Å². The first kappa shape index (κ1) is 19.3. The fraction of sp³-hybridized carbons (Fsp3) is 0.227. The highest BCUT2D eigenvalue weighted by Gasteiger charge is 2.34. The maximum atomic E-state index is 13.0. The number of thiazole rings is 1. The van der Waals surface area contributed by atoms with E-state index >= 15 is 0 Å². The van der Waals surface area contributed by atoms with Crippen LogP contribution in [0.4, 0.5) is 5.69 Å². The van der Waals surface area contributed by atoms with Gasteiger partial charge in [0.05, 0.1) is 17.3 Å². The number of amides is 2. The van der Waals surface area contributed by atoms with Gasteiger partial charge in [0.25, 0.3) is 0 Å². The Hall–Kier alpha value is -3.03. The summed E-state index contributed by atoms with van der Waals surface area (Å²) in [6, 6.07) is 16.5. The lowest BCUT2D eigenvalue weighted by Gasteiger charge is -2.34. The quantitative estimate of drug-likeness (QED) is 0.703. The van der Waals surface area contributed by atoms with E-state index < -0.39 is 6.04 Å². The molecule has 1 atom stereocenters. The first-order valence-corrected chi connectivity index (χ1v) is 10.2. The largest absolute Gasteiger partial charge is 0.369 e. The molecule has 0 aliphatic carbocycles. The molecule has 1 aliphatic heterocycles. The second kappa shape index (κ2) is 8.55. The van der Waals surface area contributed by atoms with E-state index in [1.54, 1.807) is 16.2 Å². The van der Waals surface area contributed by atoms with Crippen LogP contribution in [0.3, 0.4) is 0 Å². The van der Waals surface area contributed by atoms with Crippen molar-refractivity contribution in [2.75, 3.05) is 18.5 Å². The number of aryl methyl sites for hydroxylation is 1. The lowest BCUT2D eigenvalue weighted by molar-refractivity contribution is -0.154. The Bertz CT molecular complexity index is 1020. The van der Waals surface area contributed by atoms with Crippen LogP contribution in [0.25, 0.3) is 11.3 Å². The van der Waals surface area contributed by atoms with Gasteiger partial charge in [-0.2, -0.15) is 0 Å². The van der Waals surface area contributed by atoms with E-state index in [1.165, 1.54) is 0 Å². The van der Waals surface area contributed by atoms with Crippen LogP contribution in [0.2, 0.25) is 0 Å². The minimum atomic E-state index is -0.679. The number of hydrogen-bond donors (Lipinski definition) is 1. The second-order valence-corrected chi connectivity index (χ2v) is 7.92. The Morgan fingerprint density at radius 2 is 2.07 bits per heavy atom. The Morgan fingerprint density at radius 1 is 1.24 bits per heavy atom. The van der Waals surface area contributed by atoms with Gasteiger partial charge < -0.3 is 15.0 Å². The SMILES string of the molecule is Cc1nc(-c2cccc(NC(=O)C3COCC(=O)N3Cc3ccccc3)c2)cs1. The topological polar surface area (TPSA) is 71.5 Å². The van der Waals surface area contributed by atoms with E-state index in [2.05, 4.69) is 10.3 Å². The highest BCUT2D eigenvalue weighted by atomic mass is 32.1. The summed E-state index contributed by atoms with van der Waals surface area (Å²) < 4.78 is 5.36. The van der Waals surface area contributed by atoms with E-state index in [9.17, 15) is 9.59 Å². The molecule has 2 amide bonds. The van der Waals surface area contributed by atoms with E-state index in [-0.39, 0.29) is 25.0 Å². The lowest BCUT2D eigenvalue weighted by Crippen LogP contribution is -2.54. The van der Waals surface area contributed by atoms with E-state index in [4.69, 9.17) is 4.74 Å². The highest BCUT2D eigenvalue weighted by molar-refractivity contribution is 7.09. The van der Waals surface area contributed by atoms with Gasteiger partial charge in [0.2, 0.25) is 11.8 Å². The monoisotopic (exact) mass is 407 g/mol. The summed E-state index contributed by atoms with van der Waals surface area (Å²) in [6.07, 6.45) is 0. The molecule has 29 heavy (non-hydrogen) atoms. The Balaban J connectivity index is 1.51. The molecule has 1 aliphatic rings. The van der Waals surface area contributed by atoms with Crippen molar-refractivity contribution < 1.29 is 14.3 Å². The molecule has 3 aromatic rings. The maximum absolute atomic E-state index is 13.0. The first-order chi connectivity index (χ1) is 14.1. The van der Waals surface area contributed by atoms with Crippen LogP contribution < -0.4 is 5.32 Å². The number of carbonyl (C=O) groups excluding carboxylic acids is 2. The summed E-state index contributed by atoms with van der Waals surface area (Å²) in [5.74, 6) is -0.451. The molecule has 0 radical (unpaired) electrons. The van der Waals surface area contributed by atoms with Crippen LogP contribution in [-0.2, 0) is 20.9 Å². The molecule has 2 heterocycles. The number of carbonyl (C=O) groups is 2. The first-order valence-electron chi connectivity index (χ1n) is 9.35. The van der Waals surface area contributed by atoms with Gasteiger partial charge in [0.1, 0.15) is 12.6 Å². The Kier molecular flexibility index (Phi) is 5.69. The molecule has 148 valence electrons. The molecule has 0 spiro atoms. The Morgan fingerprint density at radius 3 is 2.83 bits per heavy atom. The van der Waals surface area contributed by atoms with Crippen LogP contribution >= 0.6 is 11.3 Å². The average molecular weight is 407 g/mol. The number of hydrogen-bond acceptors (Lipinski definition) is 5.